The van der Waals surface area contributed by atoms with Gasteiger partial charge in [0.15, 0.2) is 0 Å². The molecular formula is C22H19FO4. The number of rotatable bonds is 7. The topological polar surface area (TPSA) is 55.8 Å². The zero-order chi connectivity index (χ0) is 19.2. The van der Waals surface area contributed by atoms with E-state index >= 15 is 0 Å². The molecule has 0 aliphatic rings. The van der Waals surface area contributed by atoms with Crippen LogP contribution in [0.2, 0.25) is 0 Å². The molecule has 3 rings (SSSR count). The largest absolute Gasteiger partial charge is 0.497 e. The van der Waals surface area contributed by atoms with Gasteiger partial charge in [-0.2, -0.15) is 0 Å². The van der Waals surface area contributed by atoms with Gasteiger partial charge in [-0.3, -0.25) is 4.79 Å². The van der Waals surface area contributed by atoms with E-state index in [9.17, 15) is 9.18 Å². The highest BCUT2D eigenvalue weighted by Gasteiger charge is 2.15. The maximum Gasteiger partial charge on any atom is 0.307 e. The van der Waals surface area contributed by atoms with Crippen LogP contribution >= 0.6 is 0 Å². The van der Waals surface area contributed by atoms with Gasteiger partial charge >= 0.3 is 5.97 Å². The lowest BCUT2D eigenvalue weighted by atomic mass is 9.99. The van der Waals surface area contributed by atoms with Gasteiger partial charge in [-0.25, -0.2) is 4.39 Å². The third-order valence-corrected chi connectivity index (χ3v) is 4.10. The highest BCUT2D eigenvalue weighted by molar-refractivity contribution is 5.76. The molecule has 0 aromatic heterocycles. The minimum atomic E-state index is -0.954. The van der Waals surface area contributed by atoms with Crippen molar-refractivity contribution in [2.75, 3.05) is 7.11 Å². The number of ether oxygens (including phenoxy) is 2. The Morgan fingerprint density at radius 3 is 2.44 bits per heavy atom. The predicted molar refractivity (Wildman–Crippen MR) is 101 cm³/mol. The summed E-state index contributed by atoms with van der Waals surface area (Å²) >= 11 is 0. The summed E-state index contributed by atoms with van der Waals surface area (Å²) in [5, 5.41) is 9.06. The summed E-state index contributed by atoms with van der Waals surface area (Å²) < 4.78 is 25.6. The van der Waals surface area contributed by atoms with Gasteiger partial charge in [0.05, 0.1) is 13.5 Å². The summed E-state index contributed by atoms with van der Waals surface area (Å²) in [6, 6.07) is 19.0. The second-order valence-corrected chi connectivity index (χ2v) is 6.02. The first-order valence-corrected chi connectivity index (χ1v) is 8.42. The van der Waals surface area contributed by atoms with E-state index in [1.807, 2.05) is 30.3 Å². The van der Waals surface area contributed by atoms with E-state index in [-0.39, 0.29) is 6.42 Å². The number of hydrogen-bond donors (Lipinski definition) is 1. The van der Waals surface area contributed by atoms with Gasteiger partial charge in [-0.1, -0.05) is 36.4 Å². The van der Waals surface area contributed by atoms with Gasteiger partial charge in [0.1, 0.15) is 23.9 Å². The Kier molecular flexibility index (Phi) is 5.71. The zero-order valence-electron chi connectivity index (χ0n) is 14.8. The molecule has 138 valence electrons. The fourth-order valence-electron chi connectivity index (χ4n) is 2.77. The van der Waals surface area contributed by atoms with E-state index < -0.39 is 11.8 Å². The maximum absolute atomic E-state index is 14.5. The second kappa shape index (κ2) is 8.36. The minimum absolute atomic E-state index is 0.155. The van der Waals surface area contributed by atoms with Crippen molar-refractivity contribution in [3.05, 3.63) is 83.7 Å². The standard InChI is InChI=1S/C22H19FO4/c1-26-17-8-9-20(23)18(13-17)19-11-16(12-22(24)25)7-10-21(19)27-14-15-5-3-2-4-6-15/h2-11,13H,12,14H2,1H3,(H,24,25). The van der Waals surface area contributed by atoms with E-state index in [1.165, 1.54) is 19.2 Å². The monoisotopic (exact) mass is 366 g/mol. The first-order valence-electron chi connectivity index (χ1n) is 8.42. The molecule has 4 nitrogen and oxygen atoms in total. The first-order chi connectivity index (χ1) is 13.1. The van der Waals surface area contributed by atoms with Crippen molar-refractivity contribution < 1.29 is 23.8 Å². The van der Waals surface area contributed by atoms with Crippen molar-refractivity contribution in [1.29, 1.82) is 0 Å². The molecule has 0 saturated heterocycles. The summed E-state index contributed by atoms with van der Waals surface area (Å²) in [6.45, 7) is 0.317. The van der Waals surface area contributed by atoms with Crippen LogP contribution in [0.4, 0.5) is 4.39 Å². The van der Waals surface area contributed by atoms with Crippen LogP contribution in [0.15, 0.2) is 66.7 Å². The minimum Gasteiger partial charge on any atom is -0.497 e. The van der Waals surface area contributed by atoms with E-state index in [0.717, 1.165) is 5.56 Å². The van der Waals surface area contributed by atoms with Gasteiger partial charge in [-0.15, -0.1) is 0 Å². The molecule has 0 fully saturated rings. The fraction of sp³-hybridized carbons (Fsp3) is 0.136. The van der Waals surface area contributed by atoms with Gasteiger partial charge in [0.25, 0.3) is 0 Å². The van der Waals surface area contributed by atoms with Crippen LogP contribution in [0.1, 0.15) is 11.1 Å². The van der Waals surface area contributed by atoms with Crippen LogP contribution in [-0.2, 0) is 17.8 Å². The number of methoxy groups -OCH3 is 1. The van der Waals surface area contributed by atoms with Crippen molar-refractivity contribution in [3.8, 4) is 22.6 Å². The average molecular weight is 366 g/mol. The molecule has 0 radical (unpaired) electrons. The molecule has 0 bridgehead atoms. The molecule has 0 unspecified atom stereocenters. The summed E-state index contributed by atoms with van der Waals surface area (Å²) in [7, 11) is 1.50. The normalized spacial score (nSPS) is 10.4. The van der Waals surface area contributed by atoms with E-state index in [0.29, 0.717) is 34.8 Å². The Balaban J connectivity index is 2.01. The van der Waals surface area contributed by atoms with Crippen LogP contribution < -0.4 is 9.47 Å². The summed E-state index contributed by atoms with van der Waals surface area (Å²) in [5.74, 6) is -0.415. The molecule has 5 heteroatoms. The quantitative estimate of drug-likeness (QED) is 0.658. The van der Waals surface area contributed by atoms with Gasteiger partial charge in [0.2, 0.25) is 0 Å². The van der Waals surface area contributed by atoms with Crippen LogP contribution in [0.5, 0.6) is 11.5 Å². The summed E-state index contributed by atoms with van der Waals surface area (Å²) in [6.07, 6.45) is -0.155. The van der Waals surface area contributed by atoms with Crippen molar-refractivity contribution in [1.82, 2.24) is 0 Å². The lowest BCUT2D eigenvalue weighted by Crippen LogP contribution is -2.02. The van der Waals surface area contributed by atoms with E-state index in [4.69, 9.17) is 14.6 Å². The number of aliphatic carboxylic acids is 1. The lowest BCUT2D eigenvalue weighted by Gasteiger charge is -2.15. The second-order valence-electron chi connectivity index (χ2n) is 6.02. The van der Waals surface area contributed by atoms with E-state index in [2.05, 4.69) is 0 Å². The van der Waals surface area contributed by atoms with Crippen molar-refractivity contribution in [2.45, 2.75) is 13.0 Å². The number of carboxylic acids is 1. The molecule has 0 amide bonds. The number of hydrogen-bond acceptors (Lipinski definition) is 3. The Bertz CT molecular complexity index is 938. The number of halogens is 1. The predicted octanol–water partition coefficient (Wildman–Crippen LogP) is 4.71. The Morgan fingerprint density at radius 2 is 1.74 bits per heavy atom. The van der Waals surface area contributed by atoms with Gasteiger partial charge in [0, 0.05) is 11.1 Å². The van der Waals surface area contributed by atoms with Gasteiger partial charge < -0.3 is 14.6 Å². The van der Waals surface area contributed by atoms with E-state index in [1.54, 1.807) is 24.3 Å². The summed E-state index contributed by atoms with van der Waals surface area (Å²) in [5.41, 5.74) is 2.32. The molecular weight excluding hydrogens is 347 g/mol. The Morgan fingerprint density at radius 1 is 0.963 bits per heavy atom. The number of benzene rings is 3. The van der Waals surface area contributed by atoms with Crippen molar-refractivity contribution in [2.24, 2.45) is 0 Å². The lowest BCUT2D eigenvalue weighted by molar-refractivity contribution is -0.136. The zero-order valence-corrected chi connectivity index (χ0v) is 14.8. The molecule has 0 saturated carbocycles. The maximum atomic E-state index is 14.5. The first kappa shape index (κ1) is 18.5. The van der Waals surface area contributed by atoms with Gasteiger partial charge in [-0.05, 0) is 41.5 Å². The van der Waals surface area contributed by atoms with Crippen LogP contribution in [-0.4, -0.2) is 18.2 Å². The molecule has 27 heavy (non-hydrogen) atoms. The molecule has 0 heterocycles. The number of carboxylic acid groups (broad SMARTS) is 1. The third kappa shape index (κ3) is 4.64. The van der Waals surface area contributed by atoms with Crippen LogP contribution in [0.3, 0.4) is 0 Å². The Labute approximate surface area is 156 Å². The van der Waals surface area contributed by atoms with Crippen LogP contribution in [0, 0.1) is 5.82 Å². The highest BCUT2D eigenvalue weighted by atomic mass is 19.1. The van der Waals surface area contributed by atoms with Crippen LogP contribution in [0.25, 0.3) is 11.1 Å². The molecule has 1 N–H and O–H groups in total. The van der Waals surface area contributed by atoms with Crippen molar-refractivity contribution in [3.63, 3.8) is 0 Å². The highest BCUT2D eigenvalue weighted by Crippen LogP contribution is 2.35. The molecule has 0 spiro atoms. The molecule has 0 aliphatic heterocycles. The third-order valence-electron chi connectivity index (χ3n) is 4.10. The number of carbonyl (C=O) groups is 1. The molecule has 0 aliphatic carbocycles. The molecule has 3 aromatic carbocycles. The SMILES string of the molecule is COc1ccc(F)c(-c2cc(CC(=O)O)ccc2OCc2ccccc2)c1. The fourth-order valence-corrected chi connectivity index (χ4v) is 2.77. The Hall–Kier alpha value is -3.34. The molecule has 0 atom stereocenters. The molecule has 3 aromatic rings. The average Bonchev–Trinajstić information content (AvgIpc) is 2.68. The smallest absolute Gasteiger partial charge is 0.307 e. The summed E-state index contributed by atoms with van der Waals surface area (Å²) in [4.78, 5) is 11.1. The van der Waals surface area contributed by atoms with Crippen molar-refractivity contribution >= 4 is 5.97 Å².